The van der Waals surface area contributed by atoms with Gasteiger partial charge < -0.3 is 15.0 Å². The summed E-state index contributed by atoms with van der Waals surface area (Å²) in [7, 11) is 2.08. The Morgan fingerprint density at radius 3 is 3.06 bits per heavy atom. The van der Waals surface area contributed by atoms with Crippen molar-refractivity contribution in [2.75, 3.05) is 39.9 Å². The van der Waals surface area contributed by atoms with E-state index in [9.17, 15) is 4.79 Å². The molecule has 0 radical (unpaired) electrons. The third-order valence-electron chi connectivity index (χ3n) is 2.96. The first-order chi connectivity index (χ1) is 7.74. The second kappa shape index (κ2) is 7.63. The molecule has 1 atom stereocenters. The van der Waals surface area contributed by atoms with E-state index >= 15 is 0 Å². The maximum absolute atomic E-state index is 11.8. The Labute approximate surface area is 98.3 Å². The number of rotatable bonds is 6. The Balaban J connectivity index is 2.09. The molecule has 1 N–H and O–H groups in total. The lowest BCUT2D eigenvalue weighted by Gasteiger charge is -2.28. The minimum atomic E-state index is 0.186. The number of likely N-dealkylation sites (tertiary alicyclic amines) is 1. The van der Waals surface area contributed by atoms with E-state index in [1.807, 2.05) is 6.92 Å². The summed E-state index contributed by atoms with van der Waals surface area (Å²) in [6, 6.07) is 0. The molecular weight excluding hydrogens is 204 g/mol. The molecular formula is C12H24N2O2. The van der Waals surface area contributed by atoms with Gasteiger partial charge in [0.2, 0.25) is 5.91 Å². The molecule has 1 heterocycles. The summed E-state index contributed by atoms with van der Waals surface area (Å²) in [5.41, 5.74) is 0. The highest BCUT2D eigenvalue weighted by Gasteiger charge is 2.23. The molecule has 1 unspecified atom stereocenters. The number of carbonyl (C=O) groups is 1. The molecule has 1 aliphatic heterocycles. The zero-order valence-electron chi connectivity index (χ0n) is 10.5. The fraction of sp³-hybridized carbons (Fsp3) is 0.917. The third-order valence-corrected chi connectivity index (χ3v) is 2.96. The summed E-state index contributed by atoms with van der Waals surface area (Å²) in [6.07, 6.45) is 3.07. The van der Waals surface area contributed by atoms with Gasteiger partial charge in [0.15, 0.2) is 0 Å². The average Bonchev–Trinajstić information content (AvgIpc) is 2.28. The van der Waals surface area contributed by atoms with Gasteiger partial charge in [-0.2, -0.15) is 0 Å². The predicted molar refractivity (Wildman–Crippen MR) is 64.3 cm³/mol. The normalized spacial score (nSPS) is 22.0. The first kappa shape index (κ1) is 13.5. The molecule has 4 nitrogen and oxygen atoms in total. The van der Waals surface area contributed by atoms with Gasteiger partial charge in [-0.1, -0.05) is 0 Å². The number of ether oxygens (including phenoxy) is 1. The molecule has 1 aliphatic rings. The fourth-order valence-electron chi connectivity index (χ4n) is 2.05. The van der Waals surface area contributed by atoms with Gasteiger partial charge in [-0.3, -0.25) is 4.79 Å². The molecule has 16 heavy (non-hydrogen) atoms. The molecule has 1 rings (SSSR count). The van der Waals surface area contributed by atoms with E-state index in [4.69, 9.17) is 4.74 Å². The predicted octanol–water partition coefficient (Wildman–Crippen LogP) is 0.871. The molecule has 1 amide bonds. The standard InChI is InChI=1S/C12H24N2O2/c1-3-16-9-5-7-13-12(15)11-6-4-8-14(2)10-11/h11H,3-10H2,1-2H3,(H,13,15). The van der Waals surface area contributed by atoms with Crippen LogP contribution in [0.15, 0.2) is 0 Å². The van der Waals surface area contributed by atoms with Gasteiger partial charge in [-0.05, 0) is 39.8 Å². The van der Waals surface area contributed by atoms with E-state index < -0.39 is 0 Å². The third kappa shape index (κ3) is 4.94. The Morgan fingerprint density at radius 1 is 1.56 bits per heavy atom. The lowest BCUT2D eigenvalue weighted by atomic mass is 9.97. The average molecular weight is 228 g/mol. The summed E-state index contributed by atoms with van der Waals surface area (Å²) < 4.78 is 5.22. The lowest BCUT2D eigenvalue weighted by molar-refractivity contribution is -0.126. The van der Waals surface area contributed by atoms with Crippen molar-refractivity contribution < 1.29 is 9.53 Å². The SMILES string of the molecule is CCOCCCNC(=O)C1CCCN(C)C1. The van der Waals surface area contributed by atoms with Gasteiger partial charge in [0.1, 0.15) is 0 Å². The van der Waals surface area contributed by atoms with Crippen molar-refractivity contribution in [3.8, 4) is 0 Å². The summed E-state index contributed by atoms with van der Waals surface area (Å²) >= 11 is 0. The minimum Gasteiger partial charge on any atom is -0.382 e. The van der Waals surface area contributed by atoms with Crippen molar-refractivity contribution in [3.05, 3.63) is 0 Å². The van der Waals surface area contributed by atoms with Crippen molar-refractivity contribution in [2.24, 2.45) is 5.92 Å². The second-order valence-electron chi connectivity index (χ2n) is 4.44. The van der Waals surface area contributed by atoms with E-state index in [2.05, 4.69) is 17.3 Å². The van der Waals surface area contributed by atoms with Crippen LogP contribution in [0, 0.1) is 5.92 Å². The van der Waals surface area contributed by atoms with Crippen LogP contribution in [0.3, 0.4) is 0 Å². The summed E-state index contributed by atoms with van der Waals surface area (Å²) in [4.78, 5) is 14.0. The van der Waals surface area contributed by atoms with Crippen molar-refractivity contribution in [2.45, 2.75) is 26.2 Å². The quantitative estimate of drug-likeness (QED) is 0.686. The van der Waals surface area contributed by atoms with Crippen molar-refractivity contribution >= 4 is 5.91 Å². The van der Waals surface area contributed by atoms with Crippen LogP contribution >= 0.6 is 0 Å². The molecule has 0 aromatic heterocycles. The van der Waals surface area contributed by atoms with Crippen molar-refractivity contribution in [3.63, 3.8) is 0 Å². The van der Waals surface area contributed by atoms with Crippen molar-refractivity contribution in [1.82, 2.24) is 10.2 Å². The highest BCUT2D eigenvalue weighted by Crippen LogP contribution is 2.14. The number of carbonyl (C=O) groups excluding carboxylic acids is 1. The molecule has 0 bridgehead atoms. The molecule has 0 aromatic carbocycles. The molecule has 0 saturated carbocycles. The Morgan fingerprint density at radius 2 is 2.38 bits per heavy atom. The van der Waals surface area contributed by atoms with E-state index in [-0.39, 0.29) is 11.8 Å². The number of amides is 1. The Bertz CT molecular complexity index is 209. The van der Waals surface area contributed by atoms with Crippen LogP contribution in [0.5, 0.6) is 0 Å². The molecule has 0 spiro atoms. The summed E-state index contributed by atoms with van der Waals surface area (Å²) in [5.74, 6) is 0.397. The smallest absolute Gasteiger partial charge is 0.224 e. The van der Waals surface area contributed by atoms with E-state index in [1.165, 1.54) is 0 Å². The van der Waals surface area contributed by atoms with Crippen molar-refractivity contribution in [1.29, 1.82) is 0 Å². The van der Waals surface area contributed by atoms with Gasteiger partial charge in [-0.25, -0.2) is 0 Å². The zero-order valence-corrected chi connectivity index (χ0v) is 10.5. The molecule has 94 valence electrons. The number of piperidine rings is 1. The fourth-order valence-corrected chi connectivity index (χ4v) is 2.05. The van der Waals surface area contributed by atoms with Gasteiger partial charge in [0, 0.05) is 26.3 Å². The van der Waals surface area contributed by atoms with Crippen LogP contribution in [-0.4, -0.2) is 50.7 Å². The molecule has 0 aliphatic carbocycles. The number of hydrogen-bond donors (Lipinski definition) is 1. The lowest BCUT2D eigenvalue weighted by Crippen LogP contribution is -2.41. The van der Waals surface area contributed by atoms with E-state index in [0.29, 0.717) is 0 Å². The summed E-state index contributed by atoms with van der Waals surface area (Å²) in [5, 5.41) is 2.99. The van der Waals surface area contributed by atoms with Gasteiger partial charge in [-0.15, -0.1) is 0 Å². The van der Waals surface area contributed by atoms with Crippen LogP contribution in [0.2, 0.25) is 0 Å². The highest BCUT2D eigenvalue weighted by molar-refractivity contribution is 5.78. The summed E-state index contributed by atoms with van der Waals surface area (Å²) in [6.45, 7) is 6.23. The Hall–Kier alpha value is -0.610. The first-order valence-corrected chi connectivity index (χ1v) is 6.28. The number of nitrogens with zero attached hydrogens (tertiary/aromatic N) is 1. The number of nitrogens with one attached hydrogen (secondary N) is 1. The maximum atomic E-state index is 11.8. The van der Waals surface area contributed by atoms with Crippen LogP contribution in [0.4, 0.5) is 0 Å². The maximum Gasteiger partial charge on any atom is 0.224 e. The number of hydrogen-bond acceptors (Lipinski definition) is 3. The zero-order chi connectivity index (χ0) is 11.8. The van der Waals surface area contributed by atoms with E-state index in [1.54, 1.807) is 0 Å². The van der Waals surface area contributed by atoms with E-state index in [0.717, 1.165) is 52.1 Å². The van der Waals surface area contributed by atoms with Gasteiger partial charge in [0.05, 0.1) is 5.92 Å². The first-order valence-electron chi connectivity index (χ1n) is 6.28. The van der Waals surface area contributed by atoms with Crippen LogP contribution in [-0.2, 0) is 9.53 Å². The van der Waals surface area contributed by atoms with Crippen LogP contribution < -0.4 is 5.32 Å². The van der Waals surface area contributed by atoms with Crippen LogP contribution in [0.25, 0.3) is 0 Å². The highest BCUT2D eigenvalue weighted by atomic mass is 16.5. The largest absolute Gasteiger partial charge is 0.382 e. The topological polar surface area (TPSA) is 41.6 Å². The molecule has 4 heteroatoms. The minimum absolute atomic E-state index is 0.186. The monoisotopic (exact) mass is 228 g/mol. The van der Waals surface area contributed by atoms with Gasteiger partial charge >= 0.3 is 0 Å². The van der Waals surface area contributed by atoms with Gasteiger partial charge in [0.25, 0.3) is 0 Å². The molecule has 1 fully saturated rings. The van der Waals surface area contributed by atoms with Crippen LogP contribution in [0.1, 0.15) is 26.2 Å². The Kier molecular flexibility index (Phi) is 6.42. The second-order valence-corrected chi connectivity index (χ2v) is 4.44. The molecule has 0 aromatic rings. The molecule has 1 saturated heterocycles.